The molecule has 1 aromatic heterocycles. The number of pyridine rings is 1. The van der Waals surface area contributed by atoms with E-state index in [2.05, 4.69) is 24.1 Å². The molecule has 0 saturated heterocycles. The Morgan fingerprint density at radius 3 is 2.81 bits per heavy atom. The van der Waals surface area contributed by atoms with E-state index in [0.29, 0.717) is 30.0 Å². The molecule has 0 spiro atoms. The van der Waals surface area contributed by atoms with Crippen LogP contribution in [0.5, 0.6) is 0 Å². The number of hydrogen-bond donors (Lipinski definition) is 2. The Morgan fingerprint density at radius 2 is 2.14 bits per heavy atom. The number of halogens is 1. The molecule has 0 aliphatic heterocycles. The van der Waals surface area contributed by atoms with E-state index < -0.39 is 0 Å². The average molecular weight is 312 g/mol. The first-order chi connectivity index (χ1) is 9.61. The maximum absolute atomic E-state index is 12.4. The van der Waals surface area contributed by atoms with Crippen molar-refractivity contribution in [2.75, 3.05) is 0 Å². The molecule has 5 heteroatoms. The van der Waals surface area contributed by atoms with E-state index in [1.807, 2.05) is 0 Å². The molecule has 0 radical (unpaired) electrons. The minimum atomic E-state index is -0.000324. The number of rotatable bonds is 4. The highest BCUT2D eigenvalue weighted by Crippen LogP contribution is 2.30. The van der Waals surface area contributed by atoms with Crippen molar-refractivity contribution in [2.24, 2.45) is 17.6 Å². The third kappa shape index (κ3) is 4.68. The molecule has 2 rings (SSSR count). The van der Waals surface area contributed by atoms with Gasteiger partial charge in [0.15, 0.2) is 0 Å². The maximum Gasteiger partial charge on any atom is 0.251 e. The molecule has 2 atom stereocenters. The molecule has 1 aromatic rings. The fraction of sp³-hybridized carbons (Fsp3) is 0.625. The lowest BCUT2D eigenvalue weighted by Crippen LogP contribution is -2.44. The molecule has 4 nitrogen and oxygen atoms in total. The highest BCUT2D eigenvalue weighted by Gasteiger charge is 2.28. The highest BCUT2D eigenvalue weighted by molar-refractivity contribution is 5.94. The molecule has 21 heavy (non-hydrogen) atoms. The zero-order valence-electron chi connectivity index (χ0n) is 12.8. The van der Waals surface area contributed by atoms with Crippen molar-refractivity contribution in [1.29, 1.82) is 0 Å². The molecule has 0 bridgehead atoms. The first kappa shape index (κ1) is 17.9. The predicted molar refractivity (Wildman–Crippen MR) is 87.4 cm³/mol. The van der Waals surface area contributed by atoms with E-state index in [1.54, 1.807) is 18.3 Å². The van der Waals surface area contributed by atoms with Crippen molar-refractivity contribution in [3.8, 4) is 0 Å². The van der Waals surface area contributed by atoms with Crippen LogP contribution in [-0.2, 0) is 6.54 Å². The second-order valence-corrected chi connectivity index (χ2v) is 6.01. The van der Waals surface area contributed by atoms with Crippen molar-refractivity contribution >= 4 is 18.3 Å². The Hall–Kier alpha value is -1.13. The molecule has 1 fully saturated rings. The van der Waals surface area contributed by atoms with Crippen LogP contribution in [0.2, 0.25) is 0 Å². The second kappa shape index (κ2) is 8.35. The summed E-state index contributed by atoms with van der Waals surface area (Å²) in [7, 11) is 0. The smallest absolute Gasteiger partial charge is 0.251 e. The zero-order valence-corrected chi connectivity index (χ0v) is 13.7. The van der Waals surface area contributed by atoms with Crippen molar-refractivity contribution in [3.63, 3.8) is 0 Å². The fourth-order valence-corrected chi connectivity index (χ4v) is 3.12. The third-order valence-corrected chi connectivity index (χ3v) is 4.28. The van der Waals surface area contributed by atoms with Gasteiger partial charge in [-0.2, -0.15) is 0 Å². The summed E-state index contributed by atoms with van der Waals surface area (Å²) in [6, 6.07) is 3.83. The van der Waals surface area contributed by atoms with Crippen LogP contribution in [0.3, 0.4) is 0 Å². The number of carbonyl (C=O) groups excluding carboxylic acids is 1. The van der Waals surface area contributed by atoms with Crippen molar-refractivity contribution in [1.82, 2.24) is 10.3 Å². The van der Waals surface area contributed by atoms with Crippen LogP contribution in [0.25, 0.3) is 0 Å². The Bertz CT molecular complexity index is 465. The second-order valence-electron chi connectivity index (χ2n) is 6.01. The standard InChI is InChI=1S/C16H25N3O.ClH/c1-11(2)14-5-3-4-6-15(14)19-16(20)12-7-8-18-13(9-12)10-17;/h7-9,11,14-15H,3-6,10,17H2,1-2H3,(H,19,20);1H. The quantitative estimate of drug-likeness (QED) is 0.898. The lowest BCUT2D eigenvalue weighted by atomic mass is 9.78. The number of carbonyl (C=O) groups is 1. The summed E-state index contributed by atoms with van der Waals surface area (Å²) >= 11 is 0. The Labute approximate surface area is 133 Å². The largest absolute Gasteiger partial charge is 0.349 e. The monoisotopic (exact) mass is 311 g/mol. The van der Waals surface area contributed by atoms with Crippen molar-refractivity contribution < 1.29 is 4.79 Å². The van der Waals surface area contributed by atoms with E-state index in [4.69, 9.17) is 5.73 Å². The van der Waals surface area contributed by atoms with Crippen LogP contribution in [0.15, 0.2) is 18.3 Å². The summed E-state index contributed by atoms with van der Waals surface area (Å²) in [6.45, 7) is 4.85. The molecule has 1 amide bonds. The minimum absolute atomic E-state index is 0. The Balaban J connectivity index is 0.00000220. The van der Waals surface area contributed by atoms with E-state index in [0.717, 1.165) is 12.1 Å². The molecular formula is C16H26ClN3O. The summed E-state index contributed by atoms with van der Waals surface area (Å²) in [5.41, 5.74) is 6.98. The van der Waals surface area contributed by atoms with Gasteiger partial charge in [-0.3, -0.25) is 9.78 Å². The summed E-state index contributed by atoms with van der Waals surface area (Å²) in [6.07, 6.45) is 6.44. The number of nitrogens with one attached hydrogen (secondary N) is 1. The van der Waals surface area contributed by atoms with Crippen LogP contribution >= 0.6 is 12.4 Å². The Morgan fingerprint density at radius 1 is 1.43 bits per heavy atom. The zero-order chi connectivity index (χ0) is 14.5. The van der Waals surface area contributed by atoms with Crippen LogP contribution in [0.1, 0.15) is 55.6 Å². The number of nitrogens with zero attached hydrogens (tertiary/aromatic N) is 1. The maximum atomic E-state index is 12.4. The van der Waals surface area contributed by atoms with Crippen molar-refractivity contribution in [3.05, 3.63) is 29.6 Å². The van der Waals surface area contributed by atoms with Gasteiger partial charge in [-0.05, 0) is 36.8 Å². The normalized spacial score (nSPS) is 21.7. The van der Waals surface area contributed by atoms with Gasteiger partial charge in [0.2, 0.25) is 0 Å². The highest BCUT2D eigenvalue weighted by atomic mass is 35.5. The molecule has 2 unspecified atom stereocenters. The van der Waals surface area contributed by atoms with Gasteiger partial charge < -0.3 is 11.1 Å². The molecule has 0 aromatic carbocycles. The van der Waals surface area contributed by atoms with Gasteiger partial charge in [0.1, 0.15) is 0 Å². The van der Waals surface area contributed by atoms with Gasteiger partial charge >= 0.3 is 0 Å². The van der Waals surface area contributed by atoms with Gasteiger partial charge in [0, 0.05) is 24.3 Å². The summed E-state index contributed by atoms with van der Waals surface area (Å²) in [5, 5.41) is 3.21. The number of nitrogens with two attached hydrogens (primary N) is 1. The lowest BCUT2D eigenvalue weighted by molar-refractivity contribution is 0.0889. The molecule has 3 N–H and O–H groups in total. The van der Waals surface area contributed by atoms with Crippen molar-refractivity contribution in [2.45, 2.75) is 52.1 Å². The van der Waals surface area contributed by atoms with Crippen LogP contribution in [-0.4, -0.2) is 16.9 Å². The minimum Gasteiger partial charge on any atom is -0.349 e. The van der Waals surface area contributed by atoms with Gasteiger partial charge in [0.05, 0.1) is 5.69 Å². The topological polar surface area (TPSA) is 68.0 Å². The Kier molecular flexibility index (Phi) is 7.12. The van der Waals surface area contributed by atoms with Crippen LogP contribution in [0, 0.1) is 11.8 Å². The molecule has 118 valence electrons. The predicted octanol–water partition coefficient (Wildman–Crippen LogP) is 2.91. The fourth-order valence-electron chi connectivity index (χ4n) is 3.12. The molecule has 1 aliphatic carbocycles. The third-order valence-electron chi connectivity index (χ3n) is 4.28. The molecule has 1 heterocycles. The number of amides is 1. The first-order valence-electron chi connectivity index (χ1n) is 7.57. The summed E-state index contributed by atoms with van der Waals surface area (Å²) < 4.78 is 0. The molecular weight excluding hydrogens is 286 g/mol. The van der Waals surface area contributed by atoms with Gasteiger partial charge in [-0.1, -0.05) is 26.7 Å². The van der Waals surface area contributed by atoms with Crippen LogP contribution in [0.4, 0.5) is 0 Å². The molecule has 1 aliphatic rings. The van der Waals surface area contributed by atoms with E-state index in [-0.39, 0.29) is 18.3 Å². The van der Waals surface area contributed by atoms with Gasteiger partial charge in [-0.25, -0.2) is 0 Å². The van der Waals surface area contributed by atoms with Crippen LogP contribution < -0.4 is 11.1 Å². The SMILES string of the molecule is CC(C)C1CCCCC1NC(=O)c1ccnc(CN)c1.Cl. The summed E-state index contributed by atoms with van der Waals surface area (Å²) in [4.78, 5) is 16.5. The van der Waals surface area contributed by atoms with E-state index in [1.165, 1.54) is 19.3 Å². The van der Waals surface area contributed by atoms with Gasteiger partial charge in [-0.15, -0.1) is 12.4 Å². The summed E-state index contributed by atoms with van der Waals surface area (Å²) in [5.74, 6) is 1.20. The number of hydrogen-bond acceptors (Lipinski definition) is 3. The van der Waals surface area contributed by atoms with Gasteiger partial charge in [0.25, 0.3) is 5.91 Å². The van der Waals surface area contributed by atoms with E-state index in [9.17, 15) is 4.79 Å². The lowest BCUT2D eigenvalue weighted by Gasteiger charge is -2.34. The number of aromatic nitrogens is 1. The first-order valence-corrected chi connectivity index (χ1v) is 7.57. The van der Waals surface area contributed by atoms with E-state index >= 15 is 0 Å². The molecule has 1 saturated carbocycles. The average Bonchev–Trinajstić information content (AvgIpc) is 2.47.